The van der Waals surface area contributed by atoms with E-state index in [2.05, 4.69) is 24.1 Å². The predicted octanol–water partition coefficient (Wildman–Crippen LogP) is 3.52. The van der Waals surface area contributed by atoms with Crippen molar-refractivity contribution in [2.75, 3.05) is 43.1 Å². The topological polar surface area (TPSA) is 67.9 Å². The molecule has 154 valence electrons. The van der Waals surface area contributed by atoms with Crippen LogP contribution in [0.4, 0.5) is 11.4 Å². The lowest BCUT2D eigenvalue weighted by atomic mass is 10.0. The molecule has 1 N–H and O–H groups in total. The molecular weight excluding hydrogens is 368 g/mol. The van der Waals surface area contributed by atoms with Crippen LogP contribution in [0, 0.1) is 5.92 Å². The Kier molecular flexibility index (Phi) is 7.25. The highest BCUT2D eigenvalue weighted by molar-refractivity contribution is 5.95. The molecule has 0 unspecified atom stereocenters. The number of hydrogen-bond donors (Lipinski definition) is 1. The number of nitrogens with zero attached hydrogens (tertiary/aromatic N) is 1. The molecule has 0 aliphatic carbocycles. The summed E-state index contributed by atoms with van der Waals surface area (Å²) in [5.74, 6) is -0.313. The second-order valence-corrected chi connectivity index (χ2v) is 7.57. The number of carbonyl (C=O) groups excluding carboxylic acids is 2. The lowest BCUT2D eigenvalue weighted by molar-refractivity contribution is -0.119. The molecule has 6 nitrogen and oxygen atoms in total. The first-order valence-electron chi connectivity index (χ1n) is 10.00. The van der Waals surface area contributed by atoms with E-state index in [1.807, 2.05) is 36.4 Å². The third kappa shape index (κ3) is 6.32. The Morgan fingerprint density at radius 1 is 1.03 bits per heavy atom. The maximum atomic E-state index is 12.1. The summed E-state index contributed by atoms with van der Waals surface area (Å²) in [4.78, 5) is 26.5. The van der Waals surface area contributed by atoms with Gasteiger partial charge in [0.1, 0.15) is 0 Å². The van der Waals surface area contributed by atoms with Crippen LogP contribution in [0.5, 0.6) is 0 Å². The number of amides is 1. The van der Waals surface area contributed by atoms with E-state index in [0.717, 1.165) is 38.4 Å². The smallest absolute Gasteiger partial charge is 0.338 e. The van der Waals surface area contributed by atoms with E-state index in [1.54, 1.807) is 12.1 Å². The van der Waals surface area contributed by atoms with E-state index in [4.69, 9.17) is 9.47 Å². The van der Waals surface area contributed by atoms with Gasteiger partial charge in [-0.3, -0.25) is 4.79 Å². The largest absolute Gasteiger partial charge is 0.452 e. The van der Waals surface area contributed by atoms with Crippen LogP contribution in [-0.4, -0.2) is 44.8 Å². The number of carbonyl (C=O) groups is 2. The summed E-state index contributed by atoms with van der Waals surface area (Å²) in [5.41, 5.74) is 3.38. The van der Waals surface area contributed by atoms with Crippen LogP contribution < -0.4 is 10.2 Å². The van der Waals surface area contributed by atoms with E-state index in [1.165, 1.54) is 5.56 Å². The van der Waals surface area contributed by atoms with Gasteiger partial charge in [0.15, 0.2) is 6.61 Å². The van der Waals surface area contributed by atoms with Crippen LogP contribution >= 0.6 is 0 Å². The van der Waals surface area contributed by atoms with Crippen molar-refractivity contribution in [3.05, 3.63) is 59.7 Å². The first kappa shape index (κ1) is 20.9. The van der Waals surface area contributed by atoms with Gasteiger partial charge in [-0.1, -0.05) is 26.0 Å². The minimum absolute atomic E-state index is 0.322. The minimum Gasteiger partial charge on any atom is -0.452 e. The van der Waals surface area contributed by atoms with Gasteiger partial charge in [-0.2, -0.15) is 0 Å². The number of hydrogen-bond acceptors (Lipinski definition) is 5. The lowest BCUT2D eigenvalue weighted by Gasteiger charge is -2.28. The Balaban J connectivity index is 1.46. The molecular formula is C23H28N2O4. The second kappa shape index (κ2) is 10.1. The molecule has 29 heavy (non-hydrogen) atoms. The van der Waals surface area contributed by atoms with E-state index in [-0.39, 0.29) is 12.5 Å². The maximum Gasteiger partial charge on any atom is 0.338 e. The van der Waals surface area contributed by atoms with Crippen molar-refractivity contribution >= 4 is 23.3 Å². The fraction of sp³-hybridized carbons (Fsp3) is 0.391. The van der Waals surface area contributed by atoms with Crippen molar-refractivity contribution in [1.82, 2.24) is 0 Å². The van der Waals surface area contributed by atoms with Gasteiger partial charge in [0.05, 0.1) is 18.8 Å². The first-order valence-corrected chi connectivity index (χ1v) is 10.00. The highest BCUT2D eigenvalue weighted by Crippen LogP contribution is 2.19. The molecule has 1 amide bonds. The number of rotatable bonds is 7. The third-order valence-electron chi connectivity index (χ3n) is 4.70. The molecule has 0 saturated carbocycles. The van der Waals surface area contributed by atoms with Crippen molar-refractivity contribution in [1.29, 1.82) is 0 Å². The van der Waals surface area contributed by atoms with Gasteiger partial charge >= 0.3 is 5.97 Å². The summed E-state index contributed by atoms with van der Waals surface area (Å²) in [6.45, 7) is 7.15. The predicted molar refractivity (Wildman–Crippen MR) is 113 cm³/mol. The molecule has 0 bridgehead atoms. The van der Waals surface area contributed by atoms with E-state index in [0.29, 0.717) is 17.2 Å². The molecule has 1 fully saturated rings. The van der Waals surface area contributed by atoms with Gasteiger partial charge in [-0.15, -0.1) is 0 Å². The molecule has 1 saturated heterocycles. The van der Waals surface area contributed by atoms with Crippen molar-refractivity contribution in [2.24, 2.45) is 5.92 Å². The van der Waals surface area contributed by atoms with Crippen LogP contribution in [0.2, 0.25) is 0 Å². The Hall–Kier alpha value is -2.86. The molecule has 2 aromatic rings. The van der Waals surface area contributed by atoms with E-state index >= 15 is 0 Å². The molecule has 1 aliphatic heterocycles. The lowest BCUT2D eigenvalue weighted by Crippen LogP contribution is -2.36. The summed E-state index contributed by atoms with van der Waals surface area (Å²) < 4.78 is 10.5. The molecule has 0 radical (unpaired) electrons. The van der Waals surface area contributed by atoms with Gasteiger partial charge in [0.25, 0.3) is 5.91 Å². The van der Waals surface area contributed by atoms with Crippen molar-refractivity contribution < 1.29 is 19.1 Å². The number of ether oxygens (including phenoxy) is 2. The van der Waals surface area contributed by atoms with E-state index < -0.39 is 5.97 Å². The standard InChI is InChI=1S/C23H28N2O4/c1-17(2)15-18-3-5-19(6-4-18)23(27)29-16-22(26)24-20-7-9-21(10-8-20)25-11-13-28-14-12-25/h3-10,17H,11-16H2,1-2H3,(H,24,26). The first-order chi connectivity index (χ1) is 14.0. The SMILES string of the molecule is CC(C)Cc1ccc(C(=O)OCC(=O)Nc2ccc(N3CCOCC3)cc2)cc1. The fourth-order valence-corrected chi connectivity index (χ4v) is 3.24. The van der Waals surface area contributed by atoms with Gasteiger partial charge < -0.3 is 19.7 Å². The average Bonchev–Trinajstić information content (AvgIpc) is 2.73. The summed E-state index contributed by atoms with van der Waals surface area (Å²) in [5, 5.41) is 2.75. The molecule has 1 heterocycles. The number of esters is 1. The van der Waals surface area contributed by atoms with Crippen LogP contribution in [0.1, 0.15) is 29.8 Å². The summed E-state index contributed by atoms with van der Waals surface area (Å²) in [6, 6.07) is 14.9. The van der Waals surface area contributed by atoms with Crippen molar-refractivity contribution in [2.45, 2.75) is 20.3 Å². The van der Waals surface area contributed by atoms with Crippen LogP contribution in [-0.2, 0) is 20.7 Å². The Bertz CT molecular complexity index is 810. The van der Waals surface area contributed by atoms with Crippen molar-refractivity contribution in [3.8, 4) is 0 Å². The van der Waals surface area contributed by atoms with Crippen LogP contribution in [0.3, 0.4) is 0 Å². The van der Waals surface area contributed by atoms with Crippen LogP contribution in [0.25, 0.3) is 0 Å². The zero-order chi connectivity index (χ0) is 20.6. The zero-order valence-corrected chi connectivity index (χ0v) is 17.0. The number of nitrogens with one attached hydrogen (secondary N) is 1. The van der Waals surface area contributed by atoms with Crippen molar-refractivity contribution in [3.63, 3.8) is 0 Å². The van der Waals surface area contributed by atoms with Gasteiger partial charge in [0, 0.05) is 24.5 Å². The number of benzene rings is 2. The zero-order valence-electron chi connectivity index (χ0n) is 17.0. The van der Waals surface area contributed by atoms with Crippen LogP contribution in [0.15, 0.2) is 48.5 Å². The normalized spacial score (nSPS) is 14.0. The minimum atomic E-state index is -0.501. The number of morpholine rings is 1. The van der Waals surface area contributed by atoms with E-state index in [9.17, 15) is 9.59 Å². The summed E-state index contributed by atoms with van der Waals surface area (Å²) in [6.07, 6.45) is 0.960. The second-order valence-electron chi connectivity index (χ2n) is 7.57. The Labute approximate surface area is 171 Å². The molecule has 1 aliphatic rings. The Morgan fingerprint density at radius 3 is 2.31 bits per heavy atom. The summed E-state index contributed by atoms with van der Waals surface area (Å²) in [7, 11) is 0. The third-order valence-corrected chi connectivity index (χ3v) is 4.70. The molecule has 0 atom stereocenters. The quantitative estimate of drug-likeness (QED) is 0.726. The fourth-order valence-electron chi connectivity index (χ4n) is 3.24. The highest BCUT2D eigenvalue weighted by Gasteiger charge is 2.13. The molecule has 6 heteroatoms. The highest BCUT2D eigenvalue weighted by atomic mass is 16.5. The molecule has 0 spiro atoms. The van der Waals surface area contributed by atoms with Gasteiger partial charge in [-0.05, 0) is 54.3 Å². The molecule has 0 aromatic heterocycles. The summed E-state index contributed by atoms with van der Waals surface area (Å²) >= 11 is 0. The van der Waals surface area contributed by atoms with Gasteiger partial charge in [-0.25, -0.2) is 4.79 Å². The van der Waals surface area contributed by atoms with Gasteiger partial charge in [0.2, 0.25) is 0 Å². The monoisotopic (exact) mass is 396 g/mol. The average molecular weight is 396 g/mol. The Morgan fingerprint density at radius 2 is 1.69 bits per heavy atom. The number of anilines is 2. The molecule has 2 aromatic carbocycles. The maximum absolute atomic E-state index is 12.1. The molecule has 3 rings (SSSR count).